The summed E-state index contributed by atoms with van der Waals surface area (Å²) in [7, 11) is 0. The van der Waals surface area contributed by atoms with Gasteiger partial charge in [-0.2, -0.15) is 0 Å². The average molecular weight is 340 g/mol. The maximum atomic E-state index is 9.88. The maximum absolute atomic E-state index is 9.88. The zero-order valence-corrected chi connectivity index (χ0v) is 11.9. The molecule has 0 aromatic carbocycles. The second-order valence-electron chi connectivity index (χ2n) is 3.29. The van der Waals surface area contributed by atoms with E-state index in [1.54, 1.807) is 11.3 Å². The Morgan fingerprint density at radius 3 is 2.71 bits per heavy atom. The molecule has 0 radical (unpaired) electrons. The van der Waals surface area contributed by atoms with Crippen LogP contribution in [0.3, 0.4) is 0 Å². The molecule has 78 valence electrons. The van der Waals surface area contributed by atoms with Crippen LogP contribution in [0.4, 0.5) is 0 Å². The molecule has 0 saturated heterocycles. The molecule has 0 amide bonds. The Labute approximate surface area is 105 Å². The van der Waals surface area contributed by atoms with E-state index in [1.807, 2.05) is 13.0 Å². The predicted octanol–water partition coefficient (Wildman–Crippen LogP) is 4.66. The highest BCUT2D eigenvalue weighted by molar-refractivity contribution is 9.12. The van der Waals surface area contributed by atoms with E-state index < -0.39 is 6.10 Å². The first kappa shape index (κ1) is 12.4. The molecule has 0 aliphatic rings. The number of aliphatic hydroxyl groups is 1. The lowest BCUT2D eigenvalue weighted by atomic mass is 10.1. The van der Waals surface area contributed by atoms with Gasteiger partial charge in [-0.3, -0.25) is 0 Å². The fourth-order valence-corrected chi connectivity index (χ4v) is 4.07. The largest absolute Gasteiger partial charge is 0.388 e. The molecule has 0 saturated carbocycles. The summed E-state index contributed by atoms with van der Waals surface area (Å²) in [5.74, 6) is 0. The second-order valence-corrected chi connectivity index (χ2v) is 7.04. The molecular weight excluding hydrogens is 328 g/mol. The highest BCUT2D eigenvalue weighted by Crippen LogP contribution is 2.37. The van der Waals surface area contributed by atoms with Crippen LogP contribution in [0, 0.1) is 0 Å². The molecule has 14 heavy (non-hydrogen) atoms. The predicted molar refractivity (Wildman–Crippen MR) is 68.7 cm³/mol. The van der Waals surface area contributed by atoms with Gasteiger partial charge in [-0.15, -0.1) is 17.9 Å². The van der Waals surface area contributed by atoms with Crippen LogP contribution < -0.4 is 0 Å². The number of aliphatic hydroxyl groups excluding tert-OH is 1. The minimum atomic E-state index is -0.399. The first-order valence-electron chi connectivity index (χ1n) is 4.28. The SMILES string of the molecule is C=C(C)CCC(O)c1cc(Br)sc1Br. The molecule has 0 aliphatic heterocycles. The van der Waals surface area contributed by atoms with E-state index in [9.17, 15) is 5.11 Å². The molecule has 0 spiro atoms. The van der Waals surface area contributed by atoms with Crippen molar-refractivity contribution in [3.63, 3.8) is 0 Å². The zero-order valence-electron chi connectivity index (χ0n) is 7.89. The minimum absolute atomic E-state index is 0.399. The van der Waals surface area contributed by atoms with Gasteiger partial charge in [0.15, 0.2) is 0 Å². The Morgan fingerprint density at radius 2 is 2.29 bits per heavy atom. The molecule has 1 N–H and O–H groups in total. The first-order chi connectivity index (χ1) is 6.50. The van der Waals surface area contributed by atoms with Crippen LogP contribution >= 0.6 is 43.2 Å². The monoisotopic (exact) mass is 338 g/mol. The number of allylic oxidation sites excluding steroid dienone is 1. The van der Waals surface area contributed by atoms with Gasteiger partial charge in [-0.05, 0) is 57.7 Å². The van der Waals surface area contributed by atoms with Crippen molar-refractivity contribution < 1.29 is 5.11 Å². The second kappa shape index (κ2) is 5.45. The Kier molecular flexibility index (Phi) is 4.83. The van der Waals surface area contributed by atoms with Gasteiger partial charge in [0.2, 0.25) is 0 Å². The summed E-state index contributed by atoms with van der Waals surface area (Å²) in [4.78, 5) is 0. The number of thiophene rings is 1. The van der Waals surface area contributed by atoms with Crippen LogP contribution in [0.25, 0.3) is 0 Å². The van der Waals surface area contributed by atoms with E-state index in [0.29, 0.717) is 0 Å². The first-order valence-corrected chi connectivity index (χ1v) is 6.68. The molecule has 1 aromatic rings. The fourth-order valence-electron chi connectivity index (χ4n) is 1.12. The van der Waals surface area contributed by atoms with E-state index in [0.717, 1.165) is 31.6 Å². The lowest BCUT2D eigenvalue weighted by Gasteiger charge is -2.09. The maximum Gasteiger partial charge on any atom is 0.0812 e. The summed E-state index contributed by atoms with van der Waals surface area (Å²) >= 11 is 8.40. The molecule has 1 nitrogen and oxygen atoms in total. The number of rotatable bonds is 4. The van der Waals surface area contributed by atoms with Gasteiger partial charge in [0.25, 0.3) is 0 Å². The molecule has 0 fully saturated rings. The van der Waals surface area contributed by atoms with Crippen molar-refractivity contribution in [3.8, 4) is 0 Å². The molecule has 1 heterocycles. The highest BCUT2D eigenvalue weighted by Gasteiger charge is 2.13. The minimum Gasteiger partial charge on any atom is -0.388 e. The normalized spacial score (nSPS) is 12.9. The summed E-state index contributed by atoms with van der Waals surface area (Å²) in [5, 5.41) is 9.88. The van der Waals surface area contributed by atoms with Crippen LogP contribution in [0.5, 0.6) is 0 Å². The third-order valence-electron chi connectivity index (χ3n) is 1.89. The van der Waals surface area contributed by atoms with Gasteiger partial charge in [0, 0.05) is 5.56 Å². The van der Waals surface area contributed by atoms with Gasteiger partial charge in [-0.1, -0.05) is 5.57 Å². The van der Waals surface area contributed by atoms with Crippen molar-refractivity contribution in [3.05, 3.63) is 31.4 Å². The summed E-state index contributed by atoms with van der Waals surface area (Å²) in [6.45, 7) is 5.80. The molecule has 1 aromatic heterocycles. The number of hydrogen-bond donors (Lipinski definition) is 1. The van der Waals surface area contributed by atoms with Gasteiger partial charge >= 0.3 is 0 Å². The van der Waals surface area contributed by atoms with Crippen LogP contribution in [0.1, 0.15) is 31.4 Å². The van der Waals surface area contributed by atoms with E-state index in [2.05, 4.69) is 38.4 Å². The summed E-state index contributed by atoms with van der Waals surface area (Å²) in [6.07, 6.45) is 1.20. The van der Waals surface area contributed by atoms with E-state index in [1.165, 1.54) is 0 Å². The Balaban J connectivity index is 2.64. The van der Waals surface area contributed by atoms with Gasteiger partial charge in [-0.25, -0.2) is 0 Å². The molecule has 0 bridgehead atoms. The van der Waals surface area contributed by atoms with Crippen molar-refractivity contribution in [1.82, 2.24) is 0 Å². The third-order valence-corrected chi connectivity index (χ3v) is 4.27. The Hall–Kier alpha value is 0.360. The lowest BCUT2D eigenvalue weighted by molar-refractivity contribution is 0.167. The third kappa shape index (κ3) is 3.50. The molecule has 1 unspecified atom stereocenters. The zero-order chi connectivity index (χ0) is 10.7. The topological polar surface area (TPSA) is 20.2 Å². The number of hydrogen-bond acceptors (Lipinski definition) is 2. The van der Waals surface area contributed by atoms with E-state index in [-0.39, 0.29) is 0 Å². The fraction of sp³-hybridized carbons (Fsp3) is 0.400. The van der Waals surface area contributed by atoms with Gasteiger partial charge < -0.3 is 5.11 Å². The Bertz CT molecular complexity index is 333. The van der Waals surface area contributed by atoms with Crippen LogP contribution in [0.2, 0.25) is 0 Å². The lowest BCUT2D eigenvalue weighted by Crippen LogP contribution is -1.96. The van der Waals surface area contributed by atoms with Gasteiger partial charge in [0.1, 0.15) is 0 Å². The van der Waals surface area contributed by atoms with Crippen LogP contribution in [-0.4, -0.2) is 5.11 Å². The highest BCUT2D eigenvalue weighted by atomic mass is 79.9. The number of halogens is 2. The van der Waals surface area contributed by atoms with Crippen molar-refractivity contribution in [2.24, 2.45) is 0 Å². The summed E-state index contributed by atoms with van der Waals surface area (Å²) in [6, 6.07) is 1.96. The smallest absolute Gasteiger partial charge is 0.0812 e. The van der Waals surface area contributed by atoms with E-state index in [4.69, 9.17) is 0 Å². The van der Waals surface area contributed by atoms with Crippen LogP contribution in [-0.2, 0) is 0 Å². The summed E-state index contributed by atoms with van der Waals surface area (Å²) < 4.78 is 2.03. The van der Waals surface area contributed by atoms with Crippen molar-refractivity contribution in [2.75, 3.05) is 0 Å². The molecule has 4 heteroatoms. The summed E-state index contributed by atoms with van der Waals surface area (Å²) in [5.41, 5.74) is 2.07. The molecular formula is C10H12Br2OS. The molecule has 1 rings (SSSR count). The molecule has 1 atom stereocenters. The van der Waals surface area contributed by atoms with Crippen molar-refractivity contribution in [2.45, 2.75) is 25.9 Å². The Morgan fingerprint density at radius 1 is 1.64 bits per heavy atom. The van der Waals surface area contributed by atoms with Crippen molar-refractivity contribution >= 4 is 43.2 Å². The molecule has 0 aliphatic carbocycles. The van der Waals surface area contributed by atoms with Crippen molar-refractivity contribution in [1.29, 1.82) is 0 Å². The van der Waals surface area contributed by atoms with E-state index >= 15 is 0 Å². The van der Waals surface area contributed by atoms with Crippen LogP contribution in [0.15, 0.2) is 25.8 Å². The standard InChI is InChI=1S/C10H12Br2OS/c1-6(2)3-4-8(13)7-5-9(11)14-10(7)12/h5,8,13H,1,3-4H2,2H3. The van der Waals surface area contributed by atoms with Gasteiger partial charge in [0.05, 0.1) is 13.7 Å². The average Bonchev–Trinajstić information content (AvgIpc) is 2.41. The quantitative estimate of drug-likeness (QED) is 0.791.